The molecule has 1 aliphatic carbocycles. The van der Waals surface area contributed by atoms with Crippen molar-refractivity contribution in [2.75, 3.05) is 13.2 Å². The number of carbonyl (C=O) groups excluding carboxylic acids is 2. The summed E-state index contributed by atoms with van der Waals surface area (Å²) >= 11 is 0. The van der Waals surface area contributed by atoms with E-state index in [1.54, 1.807) is 0 Å². The van der Waals surface area contributed by atoms with Gasteiger partial charge >= 0.3 is 5.97 Å². The van der Waals surface area contributed by atoms with Crippen LogP contribution in [0.25, 0.3) is 0 Å². The van der Waals surface area contributed by atoms with Crippen LogP contribution in [0, 0.1) is 22.0 Å². The monoisotopic (exact) mass is 499 g/mol. The van der Waals surface area contributed by atoms with Gasteiger partial charge < -0.3 is 19.8 Å². The molecule has 0 aromatic rings. The molecule has 9 nitrogen and oxygen atoms in total. The molecule has 1 aliphatic rings. The van der Waals surface area contributed by atoms with Crippen LogP contribution < -0.4 is 0 Å². The summed E-state index contributed by atoms with van der Waals surface area (Å²) in [5, 5.41) is 29.9. The van der Waals surface area contributed by atoms with Gasteiger partial charge in [-0.2, -0.15) is 0 Å². The van der Waals surface area contributed by atoms with Gasteiger partial charge in [-0.3, -0.25) is 9.59 Å². The number of hydrogen-bond donors (Lipinski definition) is 2. The normalized spacial score (nSPS) is 21.9. The Morgan fingerprint density at radius 1 is 0.914 bits per heavy atom. The van der Waals surface area contributed by atoms with Crippen LogP contribution in [0.5, 0.6) is 0 Å². The fraction of sp³-hybridized carbons (Fsp3) is 0.846. The van der Waals surface area contributed by atoms with Gasteiger partial charge in [0.05, 0.1) is 25.4 Å². The predicted molar refractivity (Wildman–Crippen MR) is 132 cm³/mol. The lowest BCUT2D eigenvalue weighted by molar-refractivity contribution is -0.757. The number of esters is 1. The van der Waals surface area contributed by atoms with E-state index in [2.05, 4.69) is 11.8 Å². The molecule has 0 unspecified atom stereocenters. The molecular formula is C26H45NO8. The van der Waals surface area contributed by atoms with E-state index in [1.165, 1.54) is 19.3 Å². The van der Waals surface area contributed by atoms with Crippen LogP contribution in [0.15, 0.2) is 12.2 Å². The van der Waals surface area contributed by atoms with Crippen LogP contribution in [0.1, 0.15) is 103 Å². The molecule has 0 spiro atoms. The van der Waals surface area contributed by atoms with Gasteiger partial charge in [0.15, 0.2) is 0 Å². The fourth-order valence-electron chi connectivity index (χ4n) is 4.62. The SMILES string of the molecule is CCCCCCCC(=O)CC[C@@H]1[C@@H](CC=CCCCC(=O)OCCCCO[N+](=O)[O-])[C@@H](O)C[C@H]1O. The Bertz CT molecular complexity index is 639. The van der Waals surface area contributed by atoms with Gasteiger partial charge in [0.1, 0.15) is 5.78 Å². The lowest BCUT2D eigenvalue weighted by atomic mass is 9.86. The lowest BCUT2D eigenvalue weighted by Crippen LogP contribution is -2.22. The Balaban J connectivity index is 2.20. The number of aliphatic hydroxyl groups is 2. The molecule has 9 heteroatoms. The Hall–Kier alpha value is -2.00. The summed E-state index contributed by atoms with van der Waals surface area (Å²) in [6.45, 7) is 2.39. The molecule has 0 bridgehead atoms. The third kappa shape index (κ3) is 14.9. The summed E-state index contributed by atoms with van der Waals surface area (Å²) in [6.07, 6.45) is 13.8. The minimum atomic E-state index is -0.840. The first-order valence-corrected chi connectivity index (χ1v) is 13.3. The van der Waals surface area contributed by atoms with Gasteiger partial charge in [0, 0.05) is 19.3 Å². The maximum absolute atomic E-state index is 12.2. The van der Waals surface area contributed by atoms with Gasteiger partial charge in [-0.25, -0.2) is 0 Å². The van der Waals surface area contributed by atoms with Gasteiger partial charge in [0.25, 0.3) is 5.09 Å². The molecule has 1 rings (SSSR count). The summed E-state index contributed by atoms with van der Waals surface area (Å²) in [5.74, 6) is -0.161. The lowest BCUT2D eigenvalue weighted by Gasteiger charge is -2.22. The molecule has 202 valence electrons. The second-order valence-electron chi connectivity index (χ2n) is 9.52. The van der Waals surface area contributed by atoms with E-state index < -0.39 is 17.3 Å². The molecule has 1 saturated carbocycles. The van der Waals surface area contributed by atoms with E-state index in [9.17, 15) is 29.9 Å². The zero-order valence-electron chi connectivity index (χ0n) is 21.3. The number of Topliss-reactive ketones (excluding diaryl/α,β-unsaturated/α-hetero) is 1. The standard InChI is InChI=1S/C26H45NO8/c1-2-3-4-5-8-13-21(28)16-17-23-22(24(29)20-25(23)30)14-9-6-7-10-15-26(31)34-18-11-12-19-35-27(32)33/h6,9,22-25,29-30H,2-5,7-8,10-20H2,1H3/t22-,23-,24+,25-/m1/s1. The molecule has 0 heterocycles. The highest BCUT2D eigenvalue weighted by molar-refractivity contribution is 5.78. The van der Waals surface area contributed by atoms with Crippen LogP contribution in [-0.4, -0.2) is 52.5 Å². The van der Waals surface area contributed by atoms with Crippen molar-refractivity contribution in [3.63, 3.8) is 0 Å². The minimum Gasteiger partial charge on any atom is -0.466 e. The summed E-state index contributed by atoms with van der Waals surface area (Å²) < 4.78 is 5.09. The third-order valence-corrected chi connectivity index (χ3v) is 6.66. The second kappa shape index (κ2) is 19.2. The summed E-state index contributed by atoms with van der Waals surface area (Å²) in [5.41, 5.74) is 0. The van der Waals surface area contributed by atoms with Gasteiger partial charge in [-0.05, 0) is 63.2 Å². The van der Waals surface area contributed by atoms with Crippen molar-refractivity contribution in [3.8, 4) is 0 Å². The number of aliphatic hydroxyl groups excluding tert-OH is 2. The van der Waals surface area contributed by atoms with E-state index in [0.717, 1.165) is 12.8 Å². The number of unbranched alkanes of at least 4 members (excludes halogenated alkanes) is 6. The number of allylic oxidation sites excluding steroid dienone is 2. The van der Waals surface area contributed by atoms with E-state index >= 15 is 0 Å². The van der Waals surface area contributed by atoms with Crippen molar-refractivity contribution in [3.05, 3.63) is 22.3 Å². The van der Waals surface area contributed by atoms with Crippen molar-refractivity contribution in [1.29, 1.82) is 0 Å². The molecule has 0 saturated heterocycles. The molecule has 0 radical (unpaired) electrons. The van der Waals surface area contributed by atoms with Crippen LogP contribution in [0.2, 0.25) is 0 Å². The van der Waals surface area contributed by atoms with Crippen molar-refractivity contribution in [2.24, 2.45) is 11.8 Å². The second-order valence-corrected chi connectivity index (χ2v) is 9.52. The highest BCUT2D eigenvalue weighted by Crippen LogP contribution is 2.38. The Kier molecular flexibility index (Phi) is 17.0. The molecule has 35 heavy (non-hydrogen) atoms. The van der Waals surface area contributed by atoms with Crippen molar-refractivity contribution < 1.29 is 34.5 Å². The fourth-order valence-corrected chi connectivity index (χ4v) is 4.62. The van der Waals surface area contributed by atoms with Gasteiger partial charge in [-0.15, -0.1) is 10.1 Å². The van der Waals surface area contributed by atoms with Crippen molar-refractivity contribution in [1.82, 2.24) is 0 Å². The Labute approximate surface area is 209 Å². The highest BCUT2D eigenvalue weighted by atomic mass is 16.9. The summed E-state index contributed by atoms with van der Waals surface area (Å²) in [7, 11) is 0. The molecule has 0 aliphatic heterocycles. The molecule has 0 aromatic heterocycles. The first-order chi connectivity index (χ1) is 16.8. The topological polar surface area (TPSA) is 136 Å². The molecule has 2 N–H and O–H groups in total. The maximum atomic E-state index is 12.2. The van der Waals surface area contributed by atoms with Gasteiger partial charge in [0.2, 0.25) is 0 Å². The predicted octanol–water partition coefficient (Wildman–Crippen LogP) is 4.70. The molecule has 0 amide bonds. The zero-order chi connectivity index (χ0) is 25.9. The van der Waals surface area contributed by atoms with E-state index in [4.69, 9.17) is 4.74 Å². The molecular weight excluding hydrogens is 454 g/mol. The number of ether oxygens (including phenoxy) is 1. The summed E-state index contributed by atoms with van der Waals surface area (Å²) in [6, 6.07) is 0. The van der Waals surface area contributed by atoms with Crippen molar-refractivity contribution in [2.45, 2.75) is 115 Å². The molecule has 1 fully saturated rings. The first-order valence-electron chi connectivity index (χ1n) is 13.3. The van der Waals surface area contributed by atoms with E-state index in [0.29, 0.717) is 64.2 Å². The average molecular weight is 500 g/mol. The van der Waals surface area contributed by atoms with Crippen LogP contribution in [0.3, 0.4) is 0 Å². The quantitative estimate of drug-likeness (QED) is 0.0762. The largest absolute Gasteiger partial charge is 0.466 e. The molecule has 4 atom stereocenters. The van der Waals surface area contributed by atoms with Crippen molar-refractivity contribution >= 4 is 11.8 Å². The number of ketones is 1. The van der Waals surface area contributed by atoms with Crippen LogP contribution in [0.4, 0.5) is 0 Å². The number of hydrogen-bond acceptors (Lipinski definition) is 8. The Morgan fingerprint density at radius 2 is 1.63 bits per heavy atom. The highest BCUT2D eigenvalue weighted by Gasteiger charge is 2.40. The summed E-state index contributed by atoms with van der Waals surface area (Å²) in [4.78, 5) is 38.1. The van der Waals surface area contributed by atoms with Crippen LogP contribution in [-0.2, 0) is 19.2 Å². The third-order valence-electron chi connectivity index (χ3n) is 6.66. The minimum absolute atomic E-state index is 0.00163. The number of nitrogens with zero attached hydrogens (tertiary/aromatic N) is 1. The van der Waals surface area contributed by atoms with E-state index in [1.807, 2.05) is 12.2 Å². The van der Waals surface area contributed by atoms with Gasteiger partial charge in [-0.1, -0.05) is 44.8 Å². The number of carbonyl (C=O) groups is 2. The Morgan fingerprint density at radius 3 is 2.37 bits per heavy atom. The van der Waals surface area contributed by atoms with Crippen LogP contribution >= 0.6 is 0 Å². The molecule has 0 aromatic carbocycles. The zero-order valence-corrected chi connectivity index (χ0v) is 21.3. The number of rotatable bonds is 21. The maximum Gasteiger partial charge on any atom is 0.305 e. The smallest absolute Gasteiger partial charge is 0.305 e. The van der Waals surface area contributed by atoms with E-state index in [-0.39, 0.29) is 36.8 Å². The average Bonchev–Trinajstić information content (AvgIpc) is 3.08. The first kappa shape index (κ1) is 31.0.